The molecule has 1 saturated carbocycles. The summed E-state index contributed by atoms with van der Waals surface area (Å²) >= 11 is 0. The number of guanidine groups is 1. The zero-order valence-electron chi connectivity index (χ0n) is 14.9. The minimum absolute atomic E-state index is 0. The Kier molecular flexibility index (Phi) is 11.2. The molecule has 6 heteroatoms. The fourth-order valence-electron chi connectivity index (χ4n) is 3.59. The average Bonchev–Trinajstić information content (AvgIpc) is 2.54. The van der Waals surface area contributed by atoms with Crippen molar-refractivity contribution >= 4 is 29.9 Å². The lowest BCUT2D eigenvalue weighted by atomic mass is 9.81. The number of nitrogens with one attached hydrogen (secondary N) is 2. The molecule has 1 aliphatic heterocycles. The highest BCUT2D eigenvalue weighted by Crippen LogP contribution is 2.30. The Bertz CT molecular complexity index is 335. The second-order valence-electron chi connectivity index (χ2n) is 6.81. The van der Waals surface area contributed by atoms with Crippen LogP contribution in [0.5, 0.6) is 0 Å². The van der Waals surface area contributed by atoms with Gasteiger partial charge in [0, 0.05) is 39.8 Å². The second kappa shape index (κ2) is 12.3. The highest BCUT2D eigenvalue weighted by atomic mass is 127. The summed E-state index contributed by atoms with van der Waals surface area (Å²) in [4.78, 5) is 6.76. The summed E-state index contributed by atoms with van der Waals surface area (Å²) in [7, 11) is 1.85. The molecule has 1 heterocycles. The topological polar surface area (TPSA) is 48.9 Å². The molecule has 1 saturated heterocycles. The van der Waals surface area contributed by atoms with Crippen LogP contribution in [0.15, 0.2) is 4.99 Å². The number of ether oxygens (including phenoxy) is 1. The number of aliphatic imine (C=N–C) groups is 1. The number of morpholine rings is 1. The molecule has 2 unspecified atom stereocenters. The highest BCUT2D eigenvalue weighted by Gasteiger charge is 2.18. The van der Waals surface area contributed by atoms with E-state index in [1.807, 2.05) is 7.05 Å². The smallest absolute Gasteiger partial charge is 0.191 e. The zero-order chi connectivity index (χ0) is 15.6. The Morgan fingerprint density at radius 3 is 2.61 bits per heavy atom. The Morgan fingerprint density at radius 2 is 1.91 bits per heavy atom. The highest BCUT2D eigenvalue weighted by molar-refractivity contribution is 14.0. The molecule has 0 aromatic carbocycles. The third-order valence-corrected chi connectivity index (χ3v) is 4.94. The van der Waals surface area contributed by atoms with E-state index in [2.05, 4.69) is 27.4 Å². The Balaban J connectivity index is 0.00000264. The van der Waals surface area contributed by atoms with Crippen molar-refractivity contribution < 1.29 is 4.74 Å². The number of hydrogen-bond donors (Lipinski definition) is 2. The van der Waals surface area contributed by atoms with E-state index < -0.39 is 0 Å². The van der Waals surface area contributed by atoms with Crippen molar-refractivity contribution in [1.82, 2.24) is 15.5 Å². The predicted molar refractivity (Wildman–Crippen MR) is 108 cm³/mol. The predicted octanol–water partition coefficient (Wildman–Crippen LogP) is 2.32. The molecule has 0 aromatic rings. The third kappa shape index (κ3) is 8.54. The lowest BCUT2D eigenvalue weighted by Crippen LogP contribution is -2.44. The molecule has 2 fully saturated rings. The van der Waals surface area contributed by atoms with Gasteiger partial charge in [-0.1, -0.05) is 26.2 Å². The van der Waals surface area contributed by atoms with E-state index in [0.717, 1.165) is 63.7 Å². The summed E-state index contributed by atoms with van der Waals surface area (Å²) in [5, 5.41) is 6.88. The number of rotatable bonds is 6. The Labute approximate surface area is 159 Å². The molecule has 0 amide bonds. The summed E-state index contributed by atoms with van der Waals surface area (Å²) in [6.07, 6.45) is 6.93. The summed E-state index contributed by atoms with van der Waals surface area (Å²) < 4.78 is 5.37. The second-order valence-corrected chi connectivity index (χ2v) is 6.81. The summed E-state index contributed by atoms with van der Waals surface area (Å²) in [5.41, 5.74) is 0. The molecule has 0 radical (unpaired) electrons. The van der Waals surface area contributed by atoms with Gasteiger partial charge < -0.3 is 15.4 Å². The SMILES string of the molecule is CN=C(NCCC1CCCC(C)C1)NCCN1CCOCC1.I. The van der Waals surface area contributed by atoms with Crippen LogP contribution in [0.25, 0.3) is 0 Å². The van der Waals surface area contributed by atoms with Crippen LogP contribution < -0.4 is 10.6 Å². The van der Waals surface area contributed by atoms with Crippen LogP contribution in [0.4, 0.5) is 0 Å². The summed E-state index contributed by atoms with van der Waals surface area (Å²) in [5.74, 6) is 2.77. The fraction of sp³-hybridized carbons (Fsp3) is 0.941. The molecule has 2 aliphatic rings. The first-order chi connectivity index (χ1) is 10.8. The average molecular weight is 438 g/mol. The van der Waals surface area contributed by atoms with E-state index in [4.69, 9.17) is 4.74 Å². The van der Waals surface area contributed by atoms with Crippen LogP contribution in [0.1, 0.15) is 39.0 Å². The lowest BCUT2D eigenvalue weighted by Gasteiger charge is -2.27. The molecule has 2 atom stereocenters. The molecule has 5 nitrogen and oxygen atoms in total. The molecular formula is C17H35IN4O. The van der Waals surface area contributed by atoms with Gasteiger partial charge in [-0.3, -0.25) is 9.89 Å². The van der Waals surface area contributed by atoms with E-state index >= 15 is 0 Å². The quantitative estimate of drug-likeness (QED) is 0.380. The van der Waals surface area contributed by atoms with Gasteiger partial charge in [0.25, 0.3) is 0 Å². The van der Waals surface area contributed by atoms with Gasteiger partial charge in [0.15, 0.2) is 5.96 Å². The van der Waals surface area contributed by atoms with E-state index in [9.17, 15) is 0 Å². The minimum Gasteiger partial charge on any atom is -0.379 e. The fourth-order valence-corrected chi connectivity index (χ4v) is 3.59. The van der Waals surface area contributed by atoms with E-state index in [-0.39, 0.29) is 24.0 Å². The van der Waals surface area contributed by atoms with Gasteiger partial charge in [-0.2, -0.15) is 0 Å². The van der Waals surface area contributed by atoms with Crippen LogP contribution in [-0.2, 0) is 4.74 Å². The normalized spacial score (nSPS) is 26.4. The van der Waals surface area contributed by atoms with E-state index in [1.165, 1.54) is 32.1 Å². The van der Waals surface area contributed by atoms with Crippen molar-refractivity contribution in [2.24, 2.45) is 16.8 Å². The van der Waals surface area contributed by atoms with Gasteiger partial charge in [0.2, 0.25) is 0 Å². The standard InChI is InChI=1S/C17H34N4O.HI/c1-15-4-3-5-16(14-15)6-7-19-17(18-2)20-8-9-21-10-12-22-13-11-21;/h15-16H,3-14H2,1-2H3,(H2,18,19,20);1H. The molecule has 0 bridgehead atoms. The summed E-state index contributed by atoms with van der Waals surface area (Å²) in [6, 6.07) is 0. The van der Waals surface area contributed by atoms with Crippen LogP contribution >= 0.6 is 24.0 Å². The minimum atomic E-state index is 0. The molecule has 136 valence electrons. The third-order valence-electron chi connectivity index (χ3n) is 4.94. The maximum absolute atomic E-state index is 5.37. The van der Waals surface area contributed by atoms with Gasteiger partial charge >= 0.3 is 0 Å². The number of hydrogen-bond acceptors (Lipinski definition) is 3. The van der Waals surface area contributed by atoms with Crippen LogP contribution in [0, 0.1) is 11.8 Å². The van der Waals surface area contributed by atoms with Gasteiger partial charge in [-0.05, 0) is 24.7 Å². The molecule has 23 heavy (non-hydrogen) atoms. The van der Waals surface area contributed by atoms with Crippen molar-refractivity contribution in [3.8, 4) is 0 Å². The maximum Gasteiger partial charge on any atom is 0.191 e. The first-order valence-electron chi connectivity index (χ1n) is 9.02. The largest absolute Gasteiger partial charge is 0.379 e. The van der Waals surface area contributed by atoms with Crippen molar-refractivity contribution in [2.45, 2.75) is 39.0 Å². The monoisotopic (exact) mass is 438 g/mol. The first kappa shape index (κ1) is 21.0. The maximum atomic E-state index is 5.37. The molecule has 2 rings (SSSR count). The Morgan fingerprint density at radius 1 is 1.17 bits per heavy atom. The first-order valence-corrected chi connectivity index (χ1v) is 9.02. The Hall–Kier alpha value is -0.0800. The molecule has 0 spiro atoms. The number of nitrogens with zero attached hydrogens (tertiary/aromatic N) is 2. The van der Waals surface area contributed by atoms with Crippen LogP contribution in [-0.4, -0.2) is 63.8 Å². The molecule has 0 aromatic heterocycles. The van der Waals surface area contributed by atoms with Gasteiger partial charge in [0.1, 0.15) is 0 Å². The lowest BCUT2D eigenvalue weighted by molar-refractivity contribution is 0.0389. The molecule has 1 aliphatic carbocycles. The van der Waals surface area contributed by atoms with E-state index in [1.54, 1.807) is 0 Å². The van der Waals surface area contributed by atoms with Crippen LogP contribution in [0.2, 0.25) is 0 Å². The van der Waals surface area contributed by atoms with Gasteiger partial charge in [0.05, 0.1) is 13.2 Å². The zero-order valence-corrected chi connectivity index (χ0v) is 17.2. The van der Waals surface area contributed by atoms with Crippen LogP contribution in [0.3, 0.4) is 0 Å². The molecular weight excluding hydrogens is 403 g/mol. The van der Waals surface area contributed by atoms with Gasteiger partial charge in [-0.15, -0.1) is 24.0 Å². The van der Waals surface area contributed by atoms with Crippen molar-refractivity contribution in [3.05, 3.63) is 0 Å². The van der Waals surface area contributed by atoms with Crippen molar-refractivity contribution in [2.75, 3.05) is 53.0 Å². The van der Waals surface area contributed by atoms with Gasteiger partial charge in [-0.25, -0.2) is 0 Å². The van der Waals surface area contributed by atoms with Crippen molar-refractivity contribution in [3.63, 3.8) is 0 Å². The summed E-state index contributed by atoms with van der Waals surface area (Å²) in [6.45, 7) is 9.27. The number of halogens is 1. The van der Waals surface area contributed by atoms with Crippen molar-refractivity contribution in [1.29, 1.82) is 0 Å². The molecule has 2 N–H and O–H groups in total. The van der Waals surface area contributed by atoms with E-state index in [0.29, 0.717) is 0 Å².